The van der Waals surface area contributed by atoms with E-state index in [0.717, 1.165) is 0 Å². The first-order chi connectivity index (χ1) is 9.99. The Balaban J connectivity index is 2.27. The van der Waals surface area contributed by atoms with Crippen molar-refractivity contribution in [2.45, 2.75) is 52.5 Å². The van der Waals surface area contributed by atoms with Crippen LogP contribution in [0.2, 0.25) is 0 Å². The van der Waals surface area contributed by atoms with Gasteiger partial charge >= 0.3 is 0 Å². The van der Waals surface area contributed by atoms with Gasteiger partial charge in [-0.1, -0.05) is 70.2 Å². The average molecular weight is 281 g/mol. The molecule has 112 valence electrons. The molecule has 0 heterocycles. The van der Waals surface area contributed by atoms with Crippen LogP contribution in [0.1, 0.15) is 69.2 Å². The summed E-state index contributed by atoms with van der Waals surface area (Å²) in [4.78, 5) is 0. The summed E-state index contributed by atoms with van der Waals surface area (Å²) >= 11 is 0. The van der Waals surface area contributed by atoms with Crippen molar-refractivity contribution in [1.29, 1.82) is 0 Å². The zero-order valence-electron chi connectivity index (χ0n) is 13.9. The Kier molecular flexibility index (Phi) is 5.06. The third-order valence-electron chi connectivity index (χ3n) is 4.04. The van der Waals surface area contributed by atoms with E-state index in [4.69, 9.17) is 0 Å². The molecule has 0 saturated heterocycles. The van der Waals surface area contributed by atoms with Crippen molar-refractivity contribution in [1.82, 2.24) is 0 Å². The highest BCUT2D eigenvalue weighted by atomic mass is 14.9. The van der Waals surface area contributed by atoms with Crippen molar-refractivity contribution >= 4 is 5.69 Å². The van der Waals surface area contributed by atoms with Crippen LogP contribution in [0, 0.1) is 0 Å². The second-order valence-electron chi connectivity index (χ2n) is 6.43. The maximum Gasteiger partial charge on any atom is 0.0485 e. The van der Waals surface area contributed by atoms with Crippen LogP contribution in [0.15, 0.2) is 48.5 Å². The van der Waals surface area contributed by atoms with Crippen LogP contribution in [0.3, 0.4) is 0 Å². The molecule has 1 heteroatoms. The Morgan fingerprint density at radius 3 is 1.95 bits per heavy atom. The molecule has 1 N–H and O–H groups in total. The van der Waals surface area contributed by atoms with Crippen molar-refractivity contribution in [3.05, 3.63) is 65.2 Å². The maximum absolute atomic E-state index is 3.67. The largest absolute Gasteiger partial charge is 0.378 e. The van der Waals surface area contributed by atoms with Gasteiger partial charge < -0.3 is 5.32 Å². The van der Waals surface area contributed by atoms with E-state index < -0.39 is 0 Å². The SMILES string of the molecule is CC(C)c1ccc(NC(C)c2ccccc2)c(C(C)C)c1. The van der Waals surface area contributed by atoms with E-state index >= 15 is 0 Å². The zero-order chi connectivity index (χ0) is 15.4. The standard InChI is InChI=1S/C20H27N/c1-14(2)18-11-12-20(19(13-18)15(3)4)21-16(5)17-9-7-6-8-10-17/h6-16,21H,1-5H3. The van der Waals surface area contributed by atoms with Gasteiger partial charge in [0.15, 0.2) is 0 Å². The minimum atomic E-state index is 0.314. The second-order valence-corrected chi connectivity index (χ2v) is 6.43. The molecule has 2 aromatic rings. The fourth-order valence-electron chi connectivity index (χ4n) is 2.61. The van der Waals surface area contributed by atoms with Crippen LogP contribution in [-0.2, 0) is 0 Å². The summed E-state index contributed by atoms with van der Waals surface area (Å²) in [5.41, 5.74) is 5.39. The van der Waals surface area contributed by atoms with E-state index in [-0.39, 0.29) is 0 Å². The molecule has 0 aliphatic rings. The van der Waals surface area contributed by atoms with Gasteiger partial charge in [-0.3, -0.25) is 0 Å². The van der Waals surface area contributed by atoms with Crippen LogP contribution in [0.4, 0.5) is 5.69 Å². The van der Waals surface area contributed by atoms with Gasteiger partial charge in [-0.05, 0) is 41.5 Å². The molecular formula is C20H27N. The molecule has 0 bridgehead atoms. The monoisotopic (exact) mass is 281 g/mol. The fraction of sp³-hybridized carbons (Fsp3) is 0.400. The molecule has 0 aromatic heterocycles. The van der Waals surface area contributed by atoms with Crippen LogP contribution >= 0.6 is 0 Å². The summed E-state index contributed by atoms with van der Waals surface area (Å²) in [5, 5.41) is 3.67. The van der Waals surface area contributed by atoms with E-state index in [1.54, 1.807) is 0 Å². The quantitative estimate of drug-likeness (QED) is 0.697. The first kappa shape index (κ1) is 15.6. The number of anilines is 1. The molecule has 0 aliphatic heterocycles. The molecule has 0 amide bonds. The lowest BCUT2D eigenvalue weighted by Gasteiger charge is -2.21. The molecule has 0 fully saturated rings. The van der Waals surface area contributed by atoms with Crippen molar-refractivity contribution in [2.75, 3.05) is 5.32 Å². The van der Waals surface area contributed by atoms with Crippen LogP contribution < -0.4 is 5.32 Å². The minimum absolute atomic E-state index is 0.314. The van der Waals surface area contributed by atoms with Crippen molar-refractivity contribution in [3.63, 3.8) is 0 Å². The third-order valence-corrected chi connectivity index (χ3v) is 4.04. The number of hydrogen-bond donors (Lipinski definition) is 1. The minimum Gasteiger partial charge on any atom is -0.378 e. The number of benzene rings is 2. The number of rotatable bonds is 5. The molecule has 0 aliphatic carbocycles. The lowest BCUT2D eigenvalue weighted by Crippen LogP contribution is -2.09. The van der Waals surface area contributed by atoms with Gasteiger partial charge in [-0.2, -0.15) is 0 Å². The van der Waals surface area contributed by atoms with Crippen molar-refractivity contribution in [3.8, 4) is 0 Å². The van der Waals surface area contributed by atoms with E-state index in [9.17, 15) is 0 Å². The molecule has 1 unspecified atom stereocenters. The molecule has 0 spiro atoms. The van der Waals surface area contributed by atoms with Crippen LogP contribution in [-0.4, -0.2) is 0 Å². The van der Waals surface area contributed by atoms with Gasteiger partial charge in [0.2, 0.25) is 0 Å². The summed E-state index contributed by atoms with van der Waals surface area (Å²) in [5.74, 6) is 1.09. The molecule has 1 nitrogen and oxygen atoms in total. The van der Waals surface area contributed by atoms with Gasteiger partial charge in [0.25, 0.3) is 0 Å². The normalized spacial score (nSPS) is 12.7. The summed E-state index contributed by atoms with van der Waals surface area (Å²) in [6.45, 7) is 11.2. The molecule has 2 aromatic carbocycles. The van der Waals surface area contributed by atoms with E-state index in [1.807, 2.05) is 0 Å². The van der Waals surface area contributed by atoms with Crippen LogP contribution in [0.5, 0.6) is 0 Å². The summed E-state index contributed by atoms with van der Waals surface area (Å²) in [6, 6.07) is 17.8. The molecule has 0 saturated carbocycles. The van der Waals surface area contributed by atoms with Gasteiger partial charge in [-0.25, -0.2) is 0 Å². The van der Waals surface area contributed by atoms with Crippen LogP contribution in [0.25, 0.3) is 0 Å². The molecular weight excluding hydrogens is 254 g/mol. The zero-order valence-corrected chi connectivity index (χ0v) is 13.9. The fourth-order valence-corrected chi connectivity index (χ4v) is 2.61. The molecule has 0 radical (unpaired) electrons. The van der Waals surface area contributed by atoms with Gasteiger partial charge in [0, 0.05) is 11.7 Å². The Labute approximate surface area is 129 Å². The molecule has 2 rings (SSSR count). The third kappa shape index (κ3) is 3.87. The average Bonchev–Trinajstić information content (AvgIpc) is 2.48. The van der Waals surface area contributed by atoms with E-state index in [0.29, 0.717) is 17.9 Å². The van der Waals surface area contributed by atoms with E-state index in [2.05, 4.69) is 88.5 Å². The lowest BCUT2D eigenvalue weighted by atomic mass is 9.93. The first-order valence-electron chi connectivity index (χ1n) is 7.94. The maximum atomic E-state index is 3.67. The number of hydrogen-bond acceptors (Lipinski definition) is 1. The van der Waals surface area contributed by atoms with Crippen molar-refractivity contribution in [2.24, 2.45) is 0 Å². The lowest BCUT2D eigenvalue weighted by molar-refractivity contribution is 0.821. The smallest absolute Gasteiger partial charge is 0.0485 e. The Hall–Kier alpha value is -1.76. The van der Waals surface area contributed by atoms with Gasteiger partial charge in [0.05, 0.1) is 0 Å². The van der Waals surface area contributed by atoms with Crippen molar-refractivity contribution < 1.29 is 0 Å². The Bertz CT molecular complexity index is 570. The molecule has 21 heavy (non-hydrogen) atoms. The Morgan fingerprint density at radius 2 is 1.38 bits per heavy atom. The van der Waals surface area contributed by atoms with E-state index in [1.165, 1.54) is 22.4 Å². The highest BCUT2D eigenvalue weighted by Crippen LogP contribution is 2.30. The predicted molar refractivity (Wildman–Crippen MR) is 93.1 cm³/mol. The summed E-state index contributed by atoms with van der Waals surface area (Å²) in [7, 11) is 0. The Morgan fingerprint density at radius 1 is 0.714 bits per heavy atom. The highest BCUT2D eigenvalue weighted by Gasteiger charge is 2.12. The predicted octanol–water partition coefficient (Wildman–Crippen LogP) is 6.11. The van der Waals surface area contributed by atoms with Gasteiger partial charge in [0.1, 0.15) is 0 Å². The highest BCUT2D eigenvalue weighted by molar-refractivity contribution is 5.55. The molecule has 1 atom stereocenters. The summed E-state index contributed by atoms with van der Waals surface area (Å²) in [6.07, 6.45) is 0. The topological polar surface area (TPSA) is 12.0 Å². The first-order valence-corrected chi connectivity index (χ1v) is 7.94. The second kappa shape index (κ2) is 6.80. The summed E-state index contributed by atoms with van der Waals surface area (Å²) < 4.78 is 0. The van der Waals surface area contributed by atoms with Gasteiger partial charge in [-0.15, -0.1) is 0 Å². The number of nitrogens with one attached hydrogen (secondary N) is 1.